The molecule has 1 aliphatic rings. The van der Waals surface area contributed by atoms with Crippen LogP contribution in [0.2, 0.25) is 0 Å². The molecule has 1 heterocycles. The summed E-state index contributed by atoms with van der Waals surface area (Å²) >= 11 is 0. The van der Waals surface area contributed by atoms with Crippen LogP contribution in [-0.2, 0) is 16.4 Å². The summed E-state index contributed by atoms with van der Waals surface area (Å²) in [5.74, 6) is -1.43. The number of aromatic nitrogens is 2. The number of ether oxygens (including phenoxy) is 1. The number of carbonyl (C=O) groups excluding carboxylic acids is 1. The number of rotatable bonds is 6. The summed E-state index contributed by atoms with van der Waals surface area (Å²) in [5.41, 5.74) is -0.278. The molecule has 1 saturated carbocycles. The molecule has 188 valence electrons. The second-order valence-electron chi connectivity index (χ2n) is 8.21. The summed E-state index contributed by atoms with van der Waals surface area (Å²) in [4.78, 5) is 12.1. The van der Waals surface area contributed by atoms with Crippen LogP contribution in [0, 0.1) is 0 Å². The standard InChI is InChI=1S/C20H21F6N3O4S/c1-18(34(31,32)15-4-2-3-14(11-15)33-20(24,25)26)8-5-13(6-9-18)28-17(30)16-7-10-27-29(16)12-19(21,22)23/h2-4,7,10-11,13H,5-6,8-9,12H2,1H3,(H,28,30). The first-order valence-electron chi connectivity index (χ1n) is 10.1. The number of nitrogens with one attached hydrogen (secondary N) is 1. The van der Waals surface area contributed by atoms with Crippen LogP contribution in [-0.4, -0.2) is 47.4 Å². The molecule has 0 saturated heterocycles. The predicted molar refractivity (Wildman–Crippen MR) is 107 cm³/mol. The highest BCUT2D eigenvalue weighted by molar-refractivity contribution is 7.92. The van der Waals surface area contributed by atoms with Crippen molar-refractivity contribution in [3.63, 3.8) is 0 Å². The molecular weight excluding hydrogens is 492 g/mol. The fourth-order valence-corrected chi connectivity index (χ4v) is 5.72. The number of hydrogen-bond donors (Lipinski definition) is 1. The molecule has 0 aliphatic heterocycles. The number of hydrogen-bond acceptors (Lipinski definition) is 5. The highest BCUT2D eigenvalue weighted by atomic mass is 32.2. The first-order chi connectivity index (χ1) is 15.6. The van der Waals surface area contributed by atoms with Crippen molar-refractivity contribution in [1.82, 2.24) is 15.1 Å². The maximum atomic E-state index is 13.2. The minimum atomic E-state index is -4.97. The molecule has 3 rings (SSSR count). The van der Waals surface area contributed by atoms with Crippen LogP contribution in [0.5, 0.6) is 5.75 Å². The van der Waals surface area contributed by atoms with Crippen molar-refractivity contribution < 1.29 is 44.3 Å². The largest absolute Gasteiger partial charge is 0.573 e. The summed E-state index contributed by atoms with van der Waals surface area (Å²) in [7, 11) is -4.06. The van der Waals surface area contributed by atoms with Gasteiger partial charge in [-0.2, -0.15) is 18.3 Å². The zero-order chi connectivity index (χ0) is 25.4. The van der Waals surface area contributed by atoms with E-state index in [1.54, 1.807) is 0 Å². The van der Waals surface area contributed by atoms with Gasteiger partial charge >= 0.3 is 12.5 Å². The van der Waals surface area contributed by atoms with Gasteiger partial charge in [-0.3, -0.25) is 9.48 Å². The minimum absolute atomic E-state index is 0.0758. The van der Waals surface area contributed by atoms with Gasteiger partial charge in [0.15, 0.2) is 9.84 Å². The number of nitrogens with zero attached hydrogens (tertiary/aromatic N) is 2. The number of halogens is 6. The van der Waals surface area contributed by atoms with Crippen molar-refractivity contribution in [2.24, 2.45) is 0 Å². The molecule has 0 unspecified atom stereocenters. The van der Waals surface area contributed by atoms with Crippen LogP contribution >= 0.6 is 0 Å². The van der Waals surface area contributed by atoms with Crippen LogP contribution in [0.25, 0.3) is 0 Å². The Morgan fingerprint density at radius 1 is 1.18 bits per heavy atom. The Morgan fingerprint density at radius 3 is 2.41 bits per heavy atom. The van der Waals surface area contributed by atoms with Gasteiger partial charge in [0.2, 0.25) is 0 Å². The van der Waals surface area contributed by atoms with Crippen LogP contribution in [0.15, 0.2) is 41.4 Å². The van der Waals surface area contributed by atoms with Crippen molar-refractivity contribution >= 4 is 15.7 Å². The van der Waals surface area contributed by atoms with E-state index in [0.717, 1.165) is 30.5 Å². The second kappa shape index (κ2) is 9.12. The highest BCUT2D eigenvalue weighted by Gasteiger charge is 2.44. The lowest BCUT2D eigenvalue weighted by Crippen LogP contribution is -2.46. The molecule has 14 heteroatoms. The first-order valence-corrected chi connectivity index (χ1v) is 11.6. The molecule has 1 amide bonds. The Balaban J connectivity index is 1.67. The number of amides is 1. The van der Waals surface area contributed by atoms with E-state index in [0.29, 0.717) is 4.68 Å². The third-order valence-corrected chi connectivity index (χ3v) is 8.24. The predicted octanol–water partition coefficient (Wildman–Crippen LogP) is 4.25. The van der Waals surface area contributed by atoms with E-state index in [4.69, 9.17) is 0 Å². The molecular formula is C20H21F6N3O4S. The van der Waals surface area contributed by atoms with Gasteiger partial charge in [-0.25, -0.2) is 8.42 Å². The minimum Gasteiger partial charge on any atom is -0.406 e. The van der Waals surface area contributed by atoms with Crippen molar-refractivity contribution in [3.05, 3.63) is 42.2 Å². The summed E-state index contributed by atoms with van der Waals surface area (Å²) in [5, 5.41) is 6.11. The van der Waals surface area contributed by atoms with E-state index in [1.165, 1.54) is 13.0 Å². The molecule has 1 aromatic carbocycles. The molecule has 0 spiro atoms. The first kappa shape index (κ1) is 25.8. The summed E-state index contributed by atoms with van der Waals surface area (Å²) in [6, 6.07) is 4.78. The third kappa shape index (κ3) is 6.02. The van der Waals surface area contributed by atoms with Gasteiger partial charge in [0.05, 0.1) is 9.64 Å². The van der Waals surface area contributed by atoms with Crippen molar-refractivity contribution in [2.45, 2.75) is 67.4 Å². The van der Waals surface area contributed by atoms with Gasteiger partial charge in [-0.15, -0.1) is 13.2 Å². The lowest BCUT2D eigenvalue weighted by Gasteiger charge is -2.37. The van der Waals surface area contributed by atoms with Crippen molar-refractivity contribution in [3.8, 4) is 5.75 Å². The SMILES string of the molecule is CC1(S(=O)(=O)c2cccc(OC(F)(F)F)c2)CCC(NC(=O)c2ccnn2CC(F)(F)F)CC1. The fourth-order valence-electron chi connectivity index (χ4n) is 3.85. The maximum absolute atomic E-state index is 13.2. The van der Waals surface area contributed by atoms with Gasteiger partial charge in [0.1, 0.15) is 18.0 Å². The number of sulfone groups is 1. The average molecular weight is 513 g/mol. The second-order valence-corrected chi connectivity index (χ2v) is 10.7. The van der Waals surface area contributed by atoms with Gasteiger partial charge < -0.3 is 10.1 Å². The quantitative estimate of drug-likeness (QED) is 0.584. The molecule has 0 radical (unpaired) electrons. The Bertz CT molecular complexity index is 1140. The van der Waals surface area contributed by atoms with Crippen LogP contribution in [0.3, 0.4) is 0 Å². The van der Waals surface area contributed by atoms with Crippen molar-refractivity contribution in [2.75, 3.05) is 0 Å². The zero-order valence-electron chi connectivity index (χ0n) is 17.8. The van der Waals surface area contributed by atoms with Gasteiger partial charge in [-0.1, -0.05) is 6.07 Å². The van der Waals surface area contributed by atoms with E-state index in [9.17, 15) is 39.6 Å². The summed E-state index contributed by atoms with van der Waals surface area (Å²) in [6.07, 6.45) is -7.91. The third-order valence-electron chi connectivity index (χ3n) is 5.65. The molecule has 1 aromatic heterocycles. The van der Waals surface area contributed by atoms with Crippen molar-refractivity contribution in [1.29, 1.82) is 0 Å². The molecule has 0 atom stereocenters. The fraction of sp³-hybridized carbons (Fsp3) is 0.500. The van der Waals surface area contributed by atoms with E-state index in [1.807, 2.05) is 0 Å². The van der Waals surface area contributed by atoms with Crippen LogP contribution in [0.1, 0.15) is 43.1 Å². The molecule has 1 aliphatic carbocycles. The Kier molecular flexibility index (Phi) is 6.93. The van der Waals surface area contributed by atoms with Crippen LogP contribution in [0.4, 0.5) is 26.3 Å². The normalized spacial score (nSPS) is 21.8. The summed E-state index contributed by atoms with van der Waals surface area (Å²) < 4.78 is 105. The van der Waals surface area contributed by atoms with E-state index in [2.05, 4.69) is 15.2 Å². The molecule has 0 bridgehead atoms. The van der Waals surface area contributed by atoms with Gasteiger partial charge in [0.25, 0.3) is 5.91 Å². The number of benzene rings is 1. The number of carbonyl (C=O) groups is 1. The monoisotopic (exact) mass is 513 g/mol. The van der Waals surface area contributed by atoms with Gasteiger partial charge in [0, 0.05) is 12.2 Å². The Morgan fingerprint density at radius 2 is 1.82 bits per heavy atom. The molecule has 2 aromatic rings. The molecule has 34 heavy (non-hydrogen) atoms. The lowest BCUT2D eigenvalue weighted by molar-refractivity contribution is -0.274. The molecule has 1 N–H and O–H groups in total. The topological polar surface area (TPSA) is 90.3 Å². The van der Waals surface area contributed by atoms with E-state index >= 15 is 0 Å². The average Bonchev–Trinajstić information content (AvgIpc) is 3.15. The zero-order valence-corrected chi connectivity index (χ0v) is 18.6. The molecule has 1 fully saturated rings. The van der Waals surface area contributed by atoms with Gasteiger partial charge in [-0.05, 0) is 56.9 Å². The van der Waals surface area contributed by atoms with Crippen LogP contribution < -0.4 is 10.1 Å². The van der Waals surface area contributed by atoms with E-state index < -0.39 is 51.4 Å². The molecule has 7 nitrogen and oxygen atoms in total. The van der Waals surface area contributed by atoms with E-state index in [-0.39, 0.29) is 36.3 Å². The Labute approximate surface area is 191 Å². The Hall–Kier alpha value is -2.77. The lowest BCUT2D eigenvalue weighted by atomic mass is 9.86. The smallest absolute Gasteiger partial charge is 0.406 e. The highest BCUT2D eigenvalue weighted by Crippen LogP contribution is 2.39. The maximum Gasteiger partial charge on any atom is 0.573 e. The summed E-state index contributed by atoms with van der Waals surface area (Å²) in [6.45, 7) is 0.0386. The number of alkyl halides is 6.